The van der Waals surface area contributed by atoms with Crippen LogP contribution in [0.1, 0.15) is 42.9 Å². The summed E-state index contributed by atoms with van der Waals surface area (Å²) in [5.41, 5.74) is 7.75. The molecule has 2 aromatic carbocycles. The van der Waals surface area contributed by atoms with Crippen LogP contribution in [-0.2, 0) is 13.2 Å². The normalized spacial score (nSPS) is 12.2. The highest BCUT2D eigenvalue weighted by Gasteiger charge is 2.11. The van der Waals surface area contributed by atoms with E-state index >= 15 is 0 Å². The molecule has 0 fully saturated rings. The lowest BCUT2D eigenvalue weighted by atomic mass is 9.98. The minimum Gasteiger partial charge on any atom is -0.489 e. The van der Waals surface area contributed by atoms with Crippen molar-refractivity contribution in [2.24, 2.45) is 5.73 Å². The number of rotatable bonds is 6. The summed E-state index contributed by atoms with van der Waals surface area (Å²) in [5.74, 6) is 0.979. The van der Waals surface area contributed by atoms with E-state index < -0.39 is 0 Å². The van der Waals surface area contributed by atoms with Gasteiger partial charge in [0.2, 0.25) is 0 Å². The van der Waals surface area contributed by atoms with Gasteiger partial charge in [0.15, 0.2) is 0 Å². The van der Waals surface area contributed by atoms with Gasteiger partial charge in [-0.1, -0.05) is 50.2 Å². The molecule has 0 aliphatic carbocycles. The molecular weight excluding hydrogens is 265 g/mol. The molecule has 1 unspecified atom stereocenters. The van der Waals surface area contributed by atoms with Crippen molar-refractivity contribution in [1.29, 1.82) is 0 Å². The molecule has 0 spiro atoms. The topological polar surface area (TPSA) is 35.2 Å². The molecule has 1 atom stereocenters. The minimum atomic E-state index is -0.263. The van der Waals surface area contributed by atoms with Crippen LogP contribution in [0.4, 0.5) is 4.39 Å². The Bertz CT molecular complexity index is 598. The lowest BCUT2D eigenvalue weighted by Gasteiger charge is -2.16. The van der Waals surface area contributed by atoms with Crippen molar-refractivity contribution in [3.8, 4) is 5.75 Å². The molecule has 0 heterocycles. The van der Waals surface area contributed by atoms with E-state index in [2.05, 4.69) is 19.9 Å². The van der Waals surface area contributed by atoms with Crippen LogP contribution in [0.5, 0.6) is 5.75 Å². The quantitative estimate of drug-likeness (QED) is 0.856. The van der Waals surface area contributed by atoms with Crippen molar-refractivity contribution in [2.45, 2.75) is 39.3 Å². The number of hydrogen-bond donors (Lipinski definition) is 1. The molecule has 0 saturated carbocycles. The highest BCUT2D eigenvalue weighted by molar-refractivity contribution is 5.36. The Morgan fingerprint density at radius 3 is 2.52 bits per heavy atom. The first-order valence-electron chi connectivity index (χ1n) is 7.35. The third-order valence-corrected chi connectivity index (χ3v) is 3.82. The molecule has 2 nitrogen and oxygen atoms in total. The second-order valence-electron chi connectivity index (χ2n) is 5.23. The fourth-order valence-electron chi connectivity index (χ4n) is 2.30. The number of para-hydroxylation sites is 1. The summed E-state index contributed by atoms with van der Waals surface area (Å²) < 4.78 is 20.0. The second-order valence-corrected chi connectivity index (χ2v) is 5.23. The van der Waals surface area contributed by atoms with Crippen molar-refractivity contribution >= 4 is 0 Å². The van der Waals surface area contributed by atoms with Crippen LogP contribution in [-0.4, -0.2) is 0 Å². The van der Waals surface area contributed by atoms with Crippen molar-refractivity contribution in [2.75, 3.05) is 0 Å². The SMILES string of the molecule is CCC(C)c1ccccc1OCc1cccc(CN)c1F. The van der Waals surface area contributed by atoms with E-state index in [-0.39, 0.29) is 19.0 Å². The standard InChI is InChI=1S/C18H22FNO/c1-3-13(2)16-9-4-5-10-17(16)21-12-15-8-6-7-14(11-20)18(15)19/h4-10,13H,3,11-12,20H2,1-2H3. The largest absolute Gasteiger partial charge is 0.489 e. The lowest BCUT2D eigenvalue weighted by Crippen LogP contribution is -2.06. The van der Waals surface area contributed by atoms with E-state index in [9.17, 15) is 4.39 Å². The molecule has 0 aromatic heterocycles. The van der Waals surface area contributed by atoms with Gasteiger partial charge in [0, 0.05) is 17.7 Å². The molecule has 0 amide bonds. The van der Waals surface area contributed by atoms with Crippen LogP contribution in [0, 0.1) is 5.82 Å². The Balaban J connectivity index is 2.17. The molecule has 2 aromatic rings. The average Bonchev–Trinajstić information content (AvgIpc) is 2.53. The Morgan fingerprint density at radius 1 is 1.10 bits per heavy atom. The summed E-state index contributed by atoms with van der Waals surface area (Å²) in [7, 11) is 0. The maximum Gasteiger partial charge on any atom is 0.134 e. The fourth-order valence-corrected chi connectivity index (χ4v) is 2.30. The number of benzene rings is 2. The lowest BCUT2D eigenvalue weighted by molar-refractivity contribution is 0.294. The molecule has 0 saturated heterocycles. The van der Waals surface area contributed by atoms with E-state index in [0.29, 0.717) is 17.0 Å². The van der Waals surface area contributed by atoms with E-state index in [1.165, 1.54) is 0 Å². The van der Waals surface area contributed by atoms with Gasteiger partial charge in [-0.25, -0.2) is 4.39 Å². The smallest absolute Gasteiger partial charge is 0.134 e. The molecule has 2 N–H and O–H groups in total. The van der Waals surface area contributed by atoms with E-state index in [1.807, 2.05) is 24.3 Å². The third kappa shape index (κ3) is 3.61. The van der Waals surface area contributed by atoms with Crippen molar-refractivity contribution < 1.29 is 9.13 Å². The molecule has 21 heavy (non-hydrogen) atoms. The summed E-state index contributed by atoms with van der Waals surface area (Å²) in [6.07, 6.45) is 1.04. The number of nitrogens with two attached hydrogens (primary N) is 1. The van der Waals surface area contributed by atoms with Crippen molar-refractivity contribution in [3.63, 3.8) is 0 Å². The highest BCUT2D eigenvalue weighted by atomic mass is 19.1. The van der Waals surface area contributed by atoms with E-state index in [1.54, 1.807) is 12.1 Å². The summed E-state index contributed by atoms with van der Waals surface area (Å²) in [6.45, 7) is 4.72. The Labute approximate surface area is 125 Å². The van der Waals surface area contributed by atoms with Crippen LogP contribution in [0.25, 0.3) is 0 Å². The predicted octanol–water partition coefficient (Wildman–Crippen LogP) is 4.38. The molecule has 0 aliphatic rings. The predicted molar refractivity (Wildman–Crippen MR) is 83.8 cm³/mol. The first-order valence-corrected chi connectivity index (χ1v) is 7.35. The fraction of sp³-hybridized carbons (Fsp3) is 0.333. The van der Waals surface area contributed by atoms with Gasteiger partial charge in [-0.15, -0.1) is 0 Å². The van der Waals surface area contributed by atoms with Gasteiger partial charge in [0.05, 0.1) is 0 Å². The zero-order valence-corrected chi connectivity index (χ0v) is 12.6. The zero-order valence-electron chi connectivity index (χ0n) is 12.6. The molecule has 0 bridgehead atoms. The summed E-state index contributed by atoms with van der Waals surface area (Å²) >= 11 is 0. The van der Waals surface area contributed by atoms with Gasteiger partial charge in [0.25, 0.3) is 0 Å². The van der Waals surface area contributed by atoms with Crippen LogP contribution >= 0.6 is 0 Å². The molecule has 2 rings (SSSR count). The zero-order chi connectivity index (χ0) is 15.2. The first-order chi connectivity index (χ1) is 10.2. The third-order valence-electron chi connectivity index (χ3n) is 3.82. The molecule has 0 aliphatic heterocycles. The number of ether oxygens (including phenoxy) is 1. The van der Waals surface area contributed by atoms with Gasteiger partial charge < -0.3 is 10.5 Å². The van der Waals surface area contributed by atoms with Gasteiger partial charge in [0.1, 0.15) is 18.2 Å². The molecule has 3 heteroatoms. The molecular formula is C18H22FNO. The number of halogens is 1. The molecule has 0 radical (unpaired) electrons. The van der Waals surface area contributed by atoms with E-state index in [0.717, 1.165) is 17.7 Å². The summed E-state index contributed by atoms with van der Waals surface area (Å²) in [6, 6.07) is 13.2. The summed E-state index contributed by atoms with van der Waals surface area (Å²) in [5, 5.41) is 0. The maximum atomic E-state index is 14.1. The summed E-state index contributed by atoms with van der Waals surface area (Å²) in [4.78, 5) is 0. The Kier molecular flexibility index (Phi) is 5.34. The van der Waals surface area contributed by atoms with E-state index in [4.69, 9.17) is 10.5 Å². The van der Waals surface area contributed by atoms with Gasteiger partial charge in [-0.3, -0.25) is 0 Å². The van der Waals surface area contributed by atoms with Gasteiger partial charge in [-0.05, 0) is 24.0 Å². The van der Waals surface area contributed by atoms with Crippen LogP contribution in [0.2, 0.25) is 0 Å². The Hall–Kier alpha value is -1.87. The highest BCUT2D eigenvalue weighted by Crippen LogP contribution is 2.29. The van der Waals surface area contributed by atoms with Crippen molar-refractivity contribution in [3.05, 3.63) is 65.0 Å². The molecule has 112 valence electrons. The second kappa shape index (κ2) is 7.23. The van der Waals surface area contributed by atoms with Gasteiger partial charge >= 0.3 is 0 Å². The van der Waals surface area contributed by atoms with Crippen LogP contribution < -0.4 is 10.5 Å². The van der Waals surface area contributed by atoms with Crippen LogP contribution in [0.3, 0.4) is 0 Å². The minimum absolute atomic E-state index is 0.198. The monoisotopic (exact) mass is 287 g/mol. The first kappa shape index (κ1) is 15.5. The van der Waals surface area contributed by atoms with Crippen molar-refractivity contribution in [1.82, 2.24) is 0 Å². The maximum absolute atomic E-state index is 14.1. The average molecular weight is 287 g/mol. The van der Waals surface area contributed by atoms with Gasteiger partial charge in [-0.2, -0.15) is 0 Å². The Morgan fingerprint density at radius 2 is 1.81 bits per heavy atom. The number of hydrogen-bond acceptors (Lipinski definition) is 2. The van der Waals surface area contributed by atoms with Crippen LogP contribution in [0.15, 0.2) is 42.5 Å².